The van der Waals surface area contributed by atoms with Crippen LogP contribution in [-0.2, 0) is 11.9 Å². The third kappa shape index (κ3) is 137. The molecular weight excluding hydrogens is 445 g/mol. The quantitative estimate of drug-likeness (QED) is 0.669. The summed E-state index contributed by atoms with van der Waals surface area (Å²) in [7, 11) is 20.0. The van der Waals surface area contributed by atoms with Crippen LogP contribution in [0, 0.1) is 0 Å². The Labute approximate surface area is 97.0 Å². The molecule has 0 aliphatic carbocycles. The molecule has 0 aromatic rings. The molecule has 4 N–H and O–H groups in total. The van der Waals surface area contributed by atoms with Crippen LogP contribution in [0.2, 0.25) is 0 Å². The number of nitrogens with one attached hydrogen (secondary N) is 2. The van der Waals surface area contributed by atoms with E-state index in [2.05, 4.69) is 0 Å². The van der Waals surface area contributed by atoms with Gasteiger partial charge in [0.25, 0.3) is 0 Å². The van der Waals surface area contributed by atoms with E-state index in [1.807, 2.05) is 0 Å². The Kier molecular flexibility index (Phi) is 25.0. The minimum Gasteiger partial charge on any atom is -0.676 e. The Bertz CT molecular complexity index is 71.0. The van der Waals surface area contributed by atoms with Crippen molar-refractivity contribution >= 4 is 37.7 Å². The molecule has 4 nitrogen and oxygen atoms in total. The standard InChI is InChI=1S/2C2H6NO.4ClH.Pt/c2*3-1-2-4;;;;;/h2*3-4H,1-2H2;4*1H;/q2*-1;;;;;+6/p-4. The van der Waals surface area contributed by atoms with Crippen molar-refractivity contribution in [1.82, 2.24) is 0 Å². The van der Waals surface area contributed by atoms with Gasteiger partial charge in [0.05, 0.1) is 0 Å². The van der Waals surface area contributed by atoms with E-state index < -0.39 is 11.9 Å². The molecule has 0 bridgehead atoms. The normalized spacial score (nSPS) is 10.5. The summed E-state index contributed by atoms with van der Waals surface area (Å²) in [5.74, 6) is 0. The van der Waals surface area contributed by atoms with Crippen molar-refractivity contribution in [2.24, 2.45) is 0 Å². The molecule has 0 spiro atoms. The van der Waals surface area contributed by atoms with E-state index >= 15 is 0 Å². The van der Waals surface area contributed by atoms with Crippen molar-refractivity contribution in [3.63, 3.8) is 0 Å². The van der Waals surface area contributed by atoms with Crippen molar-refractivity contribution < 1.29 is 22.1 Å². The van der Waals surface area contributed by atoms with Crippen LogP contribution in [0.5, 0.6) is 0 Å². The molecule has 9 heteroatoms. The first kappa shape index (κ1) is 20.1. The molecule has 13 heavy (non-hydrogen) atoms. The van der Waals surface area contributed by atoms with E-state index in [0.29, 0.717) is 0 Å². The van der Waals surface area contributed by atoms with Gasteiger partial charge < -0.3 is 21.7 Å². The second kappa shape index (κ2) is 16.1. The van der Waals surface area contributed by atoms with Gasteiger partial charge in [-0.1, -0.05) is 0 Å². The fourth-order valence-electron chi connectivity index (χ4n) is 0. The van der Waals surface area contributed by atoms with Gasteiger partial charge in [0, 0.05) is 13.2 Å². The molecule has 0 amide bonds. The molecular formula is C4H12Cl4N2O2Pt. The van der Waals surface area contributed by atoms with Crippen molar-refractivity contribution in [3.8, 4) is 0 Å². The smallest absolute Gasteiger partial charge is 0.0241 e. The summed E-state index contributed by atoms with van der Waals surface area (Å²) in [6.45, 7) is 0.222. The molecule has 0 rings (SSSR count). The molecule has 0 atom stereocenters. The van der Waals surface area contributed by atoms with Crippen LogP contribution in [-0.4, -0.2) is 36.5 Å². The fourth-order valence-corrected chi connectivity index (χ4v) is 0. The summed E-state index contributed by atoms with van der Waals surface area (Å²) in [6.07, 6.45) is 0. The van der Waals surface area contributed by atoms with Crippen LogP contribution in [0.25, 0.3) is 11.5 Å². The van der Waals surface area contributed by atoms with Gasteiger partial charge in [-0.3, -0.25) is 0 Å². The Morgan fingerprint density at radius 2 is 0.923 bits per heavy atom. The van der Waals surface area contributed by atoms with E-state index in [-0.39, 0.29) is 26.3 Å². The van der Waals surface area contributed by atoms with Crippen molar-refractivity contribution in [2.45, 2.75) is 0 Å². The average Bonchev–Trinajstić information content (AvgIpc) is 2.01. The predicted octanol–water partition coefficient (Wildman–Crippen LogP) is 2.82. The first-order valence-electron chi connectivity index (χ1n) is 2.82. The van der Waals surface area contributed by atoms with Gasteiger partial charge >= 0.3 is 49.6 Å². The monoisotopic (exact) mass is 455 g/mol. The Morgan fingerprint density at radius 3 is 0.923 bits per heavy atom. The summed E-state index contributed by atoms with van der Waals surface area (Å²) in [5.41, 5.74) is 12.4. The number of hydrogen-bond acceptors (Lipinski definition) is 2. The first-order chi connectivity index (χ1) is 5.83. The Balaban J connectivity index is -0.000000117. The van der Waals surface area contributed by atoms with Gasteiger partial charge in [-0.25, -0.2) is 0 Å². The second-order valence-electron chi connectivity index (χ2n) is 1.22. The zero-order valence-electron chi connectivity index (χ0n) is 6.55. The van der Waals surface area contributed by atoms with Crippen LogP contribution < -0.4 is 0 Å². The molecule has 0 heterocycles. The molecule has 0 aliphatic heterocycles. The summed E-state index contributed by atoms with van der Waals surface area (Å²) in [4.78, 5) is 0. The van der Waals surface area contributed by atoms with Gasteiger partial charge in [0.2, 0.25) is 0 Å². The van der Waals surface area contributed by atoms with Crippen LogP contribution in [0.3, 0.4) is 0 Å². The predicted molar refractivity (Wildman–Crippen MR) is 56.0 cm³/mol. The van der Waals surface area contributed by atoms with Gasteiger partial charge in [0.15, 0.2) is 0 Å². The third-order valence-corrected chi connectivity index (χ3v) is 0.224. The van der Waals surface area contributed by atoms with E-state index in [1.54, 1.807) is 0 Å². The molecule has 0 aromatic heterocycles. The second-order valence-corrected chi connectivity index (χ2v) is 20.9. The van der Waals surface area contributed by atoms with Crippen molar-refractivity contribution in [1.29, 1.82) is 0 Å². The maximum atomic E-state index is 7.69. The maximum absolute atomic E-state index is 7.69. The summed E-state index contributed by atoms with van der Waals surface area (Å²) in [6, 6.07) is 0. The summed E-state index contributed by atoms with van der Waals surface area (Å²) >= 11 is -3.06. The molecule has 0 saturated carbocycles. The van der Waals surface area contributed by atoms with Gasteiger partial charge in [-0.05, 0) is 0 Å². The molecule has 0 saturated heterocycles. The fraction of sp³-hybridized carbons (Fsp3) is 1.00. The number of halogens is 4. The number of aliphatic hydroxyl groups excluding tert-OH is 2. The molecule has 0 fully saturated rings. The van der Waals surface area contributed by atoms with E-state index in [0.717, 1.165) is 0 Å². The topological polar surface area (TPSA) is 88.1 Å². The van der Waals surface area contributed by atoms with E-state index in [1.165, 1.54) is 0 Å². The van der Waals surface area contributed by atoms with Crippen LogP contribution in [0.4, 0.5) is 0 Å². The van der Waals surface area contributed by atoms with Crippen molar-refractivity contribution in [3.05, 3.63) is 11.5 Å². The average molecular weight is 457 g/mol. The summed E-state index contributed by atoms with van der Waals surface area (Å²) in [5, 5.41) is 15.4. The minimum absolute atomic E-state index is 0.0139. The Morgan fingerprint density at radius 1 is 0.846 bits per heavy atom. The largest absolute Gasteiger partial charge is 0.676 e. The van der Waals surface area contributed by atoms with E-state index in [4.69, 9.17) is 59.4 Å². The molecule has 0 unspecified atom stereocenters. The number of aliphatic hydroxyl groups is 2. The molecule has 0 aliphatic rings. The molecule has 0 aromatic carbocycles. The zero-order chi connectivity index (χ0) is 11.3. The van der Waals surface area contributed by atoms with Gasteiger partial charge in [0.1, 0.15) is 0 Å². The Hall–Kier alpha value is 1.69. The van der Waals surface area contributed by atoms with E-state index in [9.17, 15) is 0 Å². The zero-order valence-corrected chi connectivity index (χ0v) is 11.8. The minimum atomic E-state index is -3.06. The van der Waals surface area contributed by atoms with Crippen LogP contribution >= 0.6 is 37.7 Å². The molecule has 88 valence electrons. The maximum Gasteiger partial charge on any atom is 0.0241 e. The van der Waals surface area contributed by atoms with Crippen LogP contribution in [0.15, 0.2) is 0 Å². The number of hydrogen-bond donors (Lipinski definition) is 2. The molecule has 0 radical (unpaired) electrons. The third-order valence-electron chi connectivity index (χ3n) is 0.224. The van der Waals surface area contributed by atoms with Crippen molar-refractivity contribution in [2.75, 3.05) is 26.3 Å². The SMILES string of the molecule is [Cl][Pt+2]([Cl])([Cl])[Cl].[NH-]CCO.[NH-]CCO. The number of rotatable bonds is 2. The van der Waals surface area contributed by atoms with Gasteiger partial charge in [-0.15, -0.1) is 13.1 Å². The van der Waals surface area contributed by atoms with Gasteiger partial charge in [-0.2, -0.15) is 0 Å². The van der Waals surface area contributed by atoms with Crippen LogP contribution in [0.1, 0.15) is 0 Å². The first-order valence-corrected chi connectivity index (χ1v) is 14.1. The summed E-state index contributed by atoms with van der Waals surface area (Å²) < 4.78 is 0.